The fourth-order valence-electron chi connectivity index (χ4n) is 2.25. The zero-order chi connectivity index (χ0) is 12.5. The highest BCUT2D eigenvalue weighted by Gasteiger charge is 2.03. The van der Waals surface area contributed by atoms with Crippen LogP contribution in [0.25, 0.3) is 22.2 Å². The number of aromatic nitrogens is 2. The largest absolute Gasteiger partial charge is 0.150 e. The smallest absolute Gasteiger partial charge is 0.0936 e. The molecule has 0 fully saturated rings. The quantitative estimate of drug-likeness (QED) is 0.638. The van der Waals surface area contributed by atoms with E-state index in [0.29, 0.717) is 0 Å². The van der Waals surface area contributed by atoms with E-state index in [-0.39, 0.29) is 0 Å². The summed E-state index contributed by atoms with van der Waals surface area (Å²) in [6.07, 6.45) is 0. The van der Waals surface area contributed by atoms with Gasteiger partial charge in [0.25, 0.3) is 0 Å². The Balaban J connectivity index is 2.19. The molecule has 0 aliphatic heterocycles. The minimum absolute atomic E-state index is 0.931. The van der Waals surface area contributed by atoms with Gasteiger partial charge in [0.2, 0.25) is 0 Å². The van der Waals surface area contributed by atoms with Crippen molar-refractivity contribution in [1.82, 2.24) is 10.2 Å². The van der Waals surface area contributed by atoms with Crippen molar-refractivity contribution in [3.63, 3.8) is 0 Å². The molecule has 0 aliphatic rings. The first-order chi connectivity index (χ1) is 8.72. The summed E-state index contributed by atoms with van der Waals surface area (Å²) in [7, 11) is 0. The Morgan fingerprint density at radius 2 is 1.50 bits per heavy atom. The molecule has 88 valence electrons. The second-order valence-electron chi connectivity index (χ2n) is 4.66. The first-order valence-corrected chi connectivity index (χ1v) is 6.03. The van der Waals surface area contributed by atoms with Crippen LogP contribution in [0.1, 0.15) is 11.1 Å². The van der Waals surface area contributed by atoms with Gasteiger partial charge in [0.15, 0.2) is 0 Å². The zero-order valence-electron chi connectivity index (χ0n) is 10.5. The van der Waals surface area contributed by atoms with Gasteiger partial charge in [-0.25, -0.2) is 0 Å². The summed E-state index contributed by atoms with van der Waals surface area (Å²) < 4.78 is 0. The van der Waals surface area contributed by atoms with Gasteiger partial charge < -0.3 is 0 Å². The molecule has 3 rings (SSSR count). The molecule has 18 heavy (non-hydrogen) atoms. The maximum Gasteiger partial charge on any atom is 0.0936 e. The molecule has 1 heterocycles. The summed E-state index contributed by atoms with van der Waals surface area (Å²) >= 11 is 0. The second kappa shape index (κ2) is 4.22. The number of hydrogen-bond acceptors (Lipinski definition) is 2. The van der Waals surface area contributed by atoms with Crippen LogP contribution in [0, 0.1) is 13.8 Å². The number of hydrogen-bond donors (Lipinski definition) is 0. The SMILES string of the molecule is Cc1cc(C)cc(-c2cc3ccccc3nn2)c1. The van der Waals surface area contributed by atoms with Gasteiger partial charge >= 0.3 is 0 Å². The summed E-state index contributed by atoms with van der Waals surface area (Å²) in [5, 5.41) is 9.70. The van der Waals surface area contributed by atoms with Gasteiger partial charge in [0, 0.05) is 10.9 Å². The third kappa shape index (κ3) is 1.97. The zero-order valence-corrected chi connectivity index (χ0v) is 10.5. The minimum atomic E-state index is 0.931. The van der Waals surface area contributed by atoms with Crippen molar-refractivity contribution in [2.24, 2.45) is 0 Å². The van der Waals surface area contributed by atoms with Gasteiger partial charge in [0.05, 0.1) is 11.2 Å². The van der Waals surface area contributed by atoms with E-state index in [0.717, 1.165) is 22.2 Å². The normalized spacial score (nSPS) is 10.8. The molecule has 0 amide bonds. The fraction of sp³-hybridized carbons (Fsp3) is 0.125. The lowest BCUT2D eigenvalue weighted by Crippen LogP contribution is -1.90. The van der Waals surface area contributed by atoms with E-state index in [4.69, 9.17) is 0 Å². The molecular weight excluding hydrogens is 220 g/mol. The van der Waals surface area contributed by atoms with Gasteiger partial charge in [-0.1, -0.05) is 35.4 Å². The van der Waals surface area contributed by atoms with E-state index in [9.17, 15) is 0 Å². The average Bonchev–Trinajstić information content (AvgIpc) is 2.37. The van der Waals surface area contributed by atoms with Gasteiger partial charge in [0.1, 0.15) is 0 Å². The molecule has 2 aromatic carbocycles. The summed E-state index contributed by atoms with van der Waals surface area (Å²) in [6.45, 7) is 4.20. The van der Waals surface area contributed by atoms with Crippen molar-refractivity contribution < 1.29 is 0 Å². The molecule has 2 nitrogen and oxygen atoms in total. The Hall–Kier alpha value is -2.22. The Labute approximate surface area is 106 Å². The third-order valence-electron chi connectivity index (χ3n) is 3.01. The van der Waals surface area contributed by atoms with E-state index in [2.05, 4.69) is 54.4 Å². The third-order valence-corrected chi connectivity index (χ3v) is 3.01. The monoisotopic (exact) mass is 234 g/mol. The summed E-state index contributed by atoms with van der Waals surface area (Å²) in [6, 6.07) is 16.6. The molecule has 0 aliphatic carbocycles. The van der Waals surface area contributed by atoms with Gasteiger partial charge in [-0.15, -0.1) is 10.2 Å². The minimum Gasteiger partial charge on any atom is -0.150 e. The summed E-state index contributed by atoms with van der Waals surface area (Å²) in [5.41, 5.74) is 5.50. The number of rotatable bonds is 1. The average molecular weight is 234 g/mol. The van der Waals surface area contributed by atoms with Crippen LogP contribution in [0.3, 0.4) is 0 Å². The number of nitrogens with zero attached hydrogens (tertiary/aromatic N) is 2. The van der Waals surface area contributed by atoms with Crippen LogP contribution in [0.2, 0.25) is 0 Å². The number of aryl methyl sites for hydroxylation is 2. The molecular formula is C16H14N2. The molecule has 0 N–H and O–H groups in total. The second-order valence-corrected chi connectivity index (χ2v) is 4.66. The van der Waals surface area contributed by atoms with Crippen LogP contribution in [0.5, 0.6) is 0 Å². The first kappa shape index (κ1) is 10.9. The van der Waals surface area contributed by atoms with Crippen LogP contribution in [-0.2, 0) is 0 Å². The molecule has 0 unspecified atom stereocenters. The topological polar surface area (TPSA) is 25.8 Å². The van der Waals surface area contributed by atoms with Crippen LogP contribution < -0.4 is 0 Å². The standard InChI is InChI=1S/C16H14N2/c1-11-7-12(2)9-14(8-11)16-10-13-5-3-4-6-15(13)17-18-16/h3-10H,1-2H3. The molecule has 0 saturated carbocycles. The van der Waals surface area contributed by atoms with Crippen molar-refractivity contribution >= 4 is 10.9 Å². The number of benzene rings is 2. The molecule has 2 heteroatoms. The van der Waals surface area contributed by atoms with Crippen molar-refractivity contribution in [2.45, 2.75) is 13.8 Å². The Kier molecular flexibility index (Phi) is 2.56. The lowest BCUT2D eigenvalue weighted by molar-refractivity contribution is 1.08. The lowest BCUT2D eigenvalue weighted by atomic mass is 10.0. The van der Waals surface area contributed by atoms with Crippen molar-refractivity contribution in [3.05, 3.63) is 59.7 Å². The van der Waals surface area contributed by atoms with E-state index >= 15 is 0 Å². The van der Waals surface area contributed by atoms with Gasteiger partial charge in [-0.05, 0) is 38.1 Å². The van der Waals surface area contributed by atoms with E-state index in [1.807, 2.05) is 18.2 Å². The molecule has 0 bridgehead atoms. The van der Waals surface area contributed by atoms with E-state index < -0.39 is 0 Å². The van der Waals surface area contributed by atoms with Crippen molar-refractivity contribution in [2.75, 3.05) is 0 Å². The van der Waals surface area contributed by atoms with Crippen LogP contribution >= 0.6 is 0 Å². The highest BCUT2D eigenvalue weighted by Crippen LogP contribution is 2.22. The predicted molar refractivity (Wildman–Crippen MR) is 74.4 cm³/mol. The highest BCUT2D eigenvalue weighted by atomic mass is 15.1. The van der Waals surface area contributed by atoms with E-state index in [1.54, 1.807) is 0 Å². The van der Waals surface area contributed by atoms with Crippen LogP contribution in [0.15, 0.2) is 48.5 Å². The predicted octanol–water partition coefficient (Wildman–Crippen LogP) is 3.91. The summed E-state index contributed by atoms with van der Waals surface area (Å²) in [5.74, 6) is 0. The maximum absolute atomic E-state index is 4.31. The Bertz CT molecular complexity index is 697. The maximum atomic E-state index is 4.31. The molecule has 1 aromatic heterocycles. The van der Waals surface area contributed by atoms with Gasteiger partial charge in [-0.3, -0.25) is 0 Å². The lowest BCUT2D eigenvalue weighted by Gasteiger charge is -2.05. The molecule has 0 radical (unpaired) electrons. The number of fused-ring (bicyclic) bond motifs is 1. The molecule has 0 spiro atoms. The Morgan fingerprint density at radius 3 is 2.28 bits per heavy atom. The molecule has 3 aromatic rings. The molecule has 0 saturated heterocycles. The van der Waals surface area contributed by atoms with Crippen molar-refractivity contribution in [3.8, 4) is 11.3 Å². The van der Waals surface area contributed by atoms with E-state index in [1.165, 1.54) is 11.1 Å². The fourth-order valence-corrected chi connectivity index (χ4v) is 2.25. The molecule has 0 atom stereocenters. The summed E-state index contributed by atoms with van der Waals surface area (Å²) in [4.78, 5) is 0. The first-order valence-electron chi connectivity index (χ1n) is 6.03. The van der Waals surface area contributed by atoms with Gasteiger partial charge in [-0.2, -0.15) is 0 Å². The van der Waals surface area contributed by atoms with Crippen molar-refractivity contribution in [1.29, 1.82) is 0 Å². The highest BCUT2D eigenvalue weighted by molar-refractivity contribution is 5.81. The Morgan fingerprint density at radius 1 is 0.778 bits per heavy atom. The van der Waals surface area contributed by atoms with Crippen LogP contribution in [0.4, 0.5) is 0 Å². The van der Waals surface area contributed by atoms with Crippen LogP contribution in [-0.4, -0.2) is 10.2 Å².